The van der Waals surface area contributed by atoms with Crippen LogP contribution < -0.4 is 5.32 Å². The minimum Gasteiger partial charge on any atom is -0.459 e. The summed E-state index contributed by atoms with van der Waals surface area (Å²) >= 11 is 0. The Kier molecular flexibility index (Phi) is 4.05. The molecule has 1 spiro atoms. The minimum atomic E-state index is -0.927. The van der Waals surface area contributed by atoms with E-state index in [1.165, 1.54) is 6.92 Å². The van der Waals surface area contributed by atoms with Crippen LogP contribution in [0.1, 0.15) is 46.0 Å². The van der Waals surface area contributed by atoms with Gasteiger partial charge in [0.25, 0.3) is 0 Å². The van der Waals surface area contributed by atoms with Crippen LogP contribution in [-0.4, -0.2) is 69.1 Å². The Morgan fingerprint density at radius 2 is 1.87 bits per heavy atom. The number of carbonyl (C=O) groups excluding carboxylic acids is 2. The van der Waals surface area contributed by atoms with Crippen molar-refractivity contribution in [3.63, 3.8) is 0 Å². The molecule has 0 aromatic carbocycles. The first-order valence-corrected chi connectivity index (χ1v) is 11.8. The van der Waals surface area contributed by atoms with Gasteiger partial charge in [-0.15, -0.1) is 0 Å². The number of methoxy groups -OCH3 is 3. The molecule has 31 heavy (non-hydrogen) atoms. The minimum absolute atomic E-state index is 0.0480. The van der Waals surface area contributed by atoms with Gasteiger partial charge in [-0.3, -0.25) is 9.59 Å². The largest absolute Gasteiger partial charge is 0.459 e. The van der Waals surface area contributed by atoms with E-state index in [2.05, 4.69) is 12.2 Å². The third kappa shape index (κ3) is 1.91. The lowest BCUT2D eigenvalue weighted by Gasteiger charge is -2.65. The summed E-state index contributed by atoms with van der Waals surface area (Å²) < 4.78 is 25.3. The molecule has 6 rings (SSSR count). The average Bonchev–Trinajstić information content (AvgIpc) is 3.21. The number of ether oxygens (including phenoxy) is 4. The monoisotopic (exact) mass is 433 g/mol. The van der Waals surface area contributed by atoms with Gasteiger partial charge in [0.15, 0.2) is 5.60 Å². The lowest BCUT2D eigenvalue weighted by molar-refractivity contribution is -0.289. The maximum atomic E-state index is 14.0. The molecule has 1 aliphatic heterocycles. The number of rotatable bonds is 4. The van der Waals surface area contributed by atoms with Crippen molar-refractivity contribution in [3.8, 4) is 0 Å². The van der Waals surface area contributed by atoms with Crippen LogP contribution in [0.4, 0.5) is 0 Å². The van der Waals surface area contributed by atoms with E-state index in [0.717, 1.165) is 25.8 Å². The van der Waals surface area contributed by atoms with Gasteiger partial charge in [-0.05, 0) is 42.4 Å². The fraction of sp³-hybridized carbons (Fsp3) is 0.917. The predicted molar refractivity (Wildman–Crippen MR) is 110 cm³/mol. The Balaban J connectivity index is 1.68. The molecule has 1 N–H and O–H groups in total. The molecule has 5 saturated carbocycles. The summed E-state index contributed by atoms with van der Waals surface area (Å²) in [4.78, 5) is 26.5. The molecular formula is C24H35NO6. The van der Waals surface area contributed by atoms with Gasteiger partial charge in [0.1, 0.15) is 17.5 Å². The molecular weight excluding hydrogens is 398 g/mol. The molecule has 0 aromatic heterocycles. The zero-order valence-electron chi connectivity index (χ0n) is 19.2. The van der Waals surface area contributed by atoms with Crippen LogP contribution in [0.25, 0.3) is 0 Å². The van der Waals surface area contributed by atoms with Crippen LogP contribution in [-0.2, 0) is 28.5 Å². The Hall–Kier alpha value is -1.02. The second kappa shape index (κ2) is 6.10. The molecule has 0 amide bonds. The lowest BCUT2D eigenvalue weighted by atomic mass is 9.44. The second-order valence-corrected chi connectivity index (χ2v) is 11.3. The van der Waals surface area contributed by atoms with Crippen LogP contribution in [0.3, 0.4) is 0 Å². The van der Waals surface area contributed by atoms with E-state index < -0.39 is 22.7 Å². The summed E-state index contributed by atoms with van der Waals surface area (Å²) in [5.74, 6) is 0.771. The van der Waals surface area contributed by atoms with Gasteiger partial charge in [0, 0.05) is 53.6 Å². The normalized spacial score (nSPS) is 58.4. The molecule has 11 atom stereocenters. The highest BCUT2D eigenvalue weighted by molar-refractivity contribution is 5.90. The number of hydrogen-bond donors (Lipinski definition) is 1. The first kappa shape index (κ1) is 20.6. The second-order valence-electron chi connectivity index (χ2n) is 11.3. The van der Waals surface area contributed by atoms with Gasteiger partial charge in [-0.1, -0.05) is 6.92 Å². The van der Waals surface area contributed by atoms with Crippen LogP contribution >= 0.6 is 0 Å². The zero-order chi connectivity index (χ0) is 22.0. The van der Waals surface area contributed by atoms with Crippen molar-refractivity contribution < 1.29 is 28.5 Å². The van der Waals surface area contributed by atoms with Crippen LogP contribution in [0, 0.1) is 34.5 Å². The van der Waals surface area contributed by atoms with Gasteiger partial charge in [0.05, 0.1) is 17.6 Å². The van der Waals surface area contributed by atoms with E-state index in [4.69, 9.17) is 18.9 Å². The quantitative estimate of drug-likeness (QED) is 0.676. The molecule has 1 heterocycles. The molecule has 1 saturated heterocycles. The molecule has 6 fully saturated rings. The molecule has 0 radical (unpaired) electrons. The van der Waals surface area contributed by atoms with Crippen molar-refractivity contribution in [2.24, 2.45) is 34.5 Å². The molecule has 6 aliphatic rings. The van der Waals surface area contributed by atoms with Gasteiger partial charge in [-0.2, -0.15) is 0 Å². The van der Waals surface area contributed by atoms with Crippen molar-refractivity contribution in [1.29, 1.82) is 0 Å². The molecule has 0 unspecified atom stereocenters. The number of fused-ring (bicyclic) bond motifs is 2. The Bertz CT molecular complexity index is 848. The third-order valence-electron chi connectivity index (χ3n) is 10.8. The van der Waals surface area contributed by atoms with Crippen LogP contribution in [0.15, 0.2) is 0 Å². The van der Waals surface area contributed by atoms with E-state index in [1.807, 2.05) is 0 Å². The van der Waals surface area contributed by atoms with Gasteiger partial charge >= 0.3 is 5.97 Å². The number of piperidine rings is 1. The van der Waals surface area contributed by atoms with Crippen LogP contribution in [0.2, 0.25) is 0 Å². The lowest BCUT2D eigenvalue weighted by Crippen LogP contribution is -2.80. The first-order valence-electron chi connectivity index (χ1n) is 11.8. The maximum Gasteiger partial charge on any atom is 0.303 e. The molecule has 0 aromatic rings. The van der Waals surface area contributed by atoms with E-state index in [1.54, 1.807) is 21.3 Å². The number of nitrogens with one attached hydrogen (secondary N) is 1. The van der Waals surface area contributed by atoms with Gasteiger partial charge in [-0.25, -0.2) is 0 Å². The highest BCUT2D eigenvalue weighted by Crippen LogP contribution is 2.79. The summed E-state index contributed by atoms with van der Waals surface area (Å²) in [7, 11) is 5.26. The highest BCUT2D eigenvalue weighted by atomic mass is 16.6. The number of ketones is 1. The number of esters is 1. The molecule has 172 valence electrons. The first-order chi connectivity index (χ1) is 14.8. The van der Waals surface area contributed by atoms with Crippen molar-refractivity contribution in [2.45, 2.75) is 75.4 Å². The predicted octanol–water partition coefficient (Wildman–Crippen LogP) is 1.72. The summed E-state index contributed by atoms with van der Waals surface area (Å²) in [6.07, 6.45) is 3.58. The number of hydrogen-bond acceptors (Lipinski definition) is 7. The topological polar surface area (TPSA) is 83.1 Å². The standard InChI is InChI=1S/C24H35NO6/c1-12(26)31-19-18-21(2)7-6-17(27)23(18)15-9-13-8-14(15)22(29-4,10-16(13)28-3)24(19,30-5)20(23)25-11-21/h13-16,18-20,25H,6-11H2,1-5H3/t13-,14+,15-,16+,18-,19-,20+,21+,22-,23+,24+/m1/s1. The van der Waals surface area contributed by atoms with E-state index in [9.17, 15) is 9.59 Å². The number of Topliss-reactive ketones (excluding diaryl/α,β-unsaturated/α-hetero) is 1. The maximum absolute atomic E-state index is 14.0. The van der Waals surface area contributed by atoms with Crippen LogP contribution in [0.5, 0.6) is 0 Å². The van der Waals surface area contributed by atoms with Crippen molar-refractivity contribution in [1.82, 2.24) is 5.32 Å². The van der Waals surface area contributed by atoms with Crippen molar-refractivity contribution in [3.05, 3.63) is 0 Å². The van der Waals surface area contributed by atoms with E-state index in [0.29, 0.717) is 24.5 Å². The Labute approximate surface area is 183 Å². The van der Waals surface area contributed by atoms with Crippen molar-refractivity contribution >= 4 is 11.8 Å². The van der Waals surface area contributed by atoms with Gasteiger partial charge in [0.2, 0.25) is 0 Å². The molecule has 7 nitrogen and oxygen atoms in total. The summed E-state index contributed by atoms with van der Waals surface area (Å²) in [5.41, 5.74) is -2.31. The van der Waals surface area contributed by atoms with Gasteiger partial charge < -0.3 is 24.3 Å². The smallest absolute Gasteiger partial charge is 0.303 e. The molecule has 7 heteroatoms. The van der Waals surface area contributed by atoms with E-state index >= 15 is 0 Å². The molecule has 7 bridgehead atoms. The highest BCUT2D eigenvalue weighted by Gasteiger charge is 2.90. The zero-order valence-corrected chi connectivity index (χ0v) is 19.2. The fourth-order valence-corrected chi connectivity index (χ4v) is 10.1. The fourth-order valence-electron chi connectivity index (χ4n) is 10.1. The SMILES string of the molecule is CO[C@H]1C[C@@]2(OC)[C@H]3C[C@@H]1C[C@H]3[C@@]13C(=O)CC[C@@]4(C)CN[C@@H]1[C@@]2(OC)[C@H](OC(C)=O)[C@H]43. The Morgan fingerprint density at radius 1 is 1.13 bits per heavy atom. The number of carbonyl (C=O) groups is 2. The summed E-state index contributed by atoms with van der Waals surface area (Å²) in [6.45, 7) is 4.54. The van der Waals surface area contributed by atoms with E-state index in [-0.39, 0.29) is 41.3 Å². The molecule has 5 aliphatic carbocycles. The van der Waals surface area contributed by atoms with Crippen molar-refractivity contribution in [2.75, 3.05) is 27.9 Å². The third-order valence-corrected chi connectivity index (χ3v) is 10.8. The summed E-state index contributed by atoms with van der Waals surface area (Å²) in [6, 6.07) is -0.226. The Morgan fingerprint density at radius 3 is 2.52 bits per heavy atom. The average molecular weight is 434 g/mol. The summed E-state index contributed by atoms with van der Waals surface area (Å²) in [5, 5.41) is 3.80.